The highest BCUT2D eigenvalue weighted by Gasteiger charge is 2.29. The van der Waals surface area contributed by atoms with Crippen molar-refractivity contribution in [2.75, 3.05) is 18.0 Å². The number of imidazole rings is 1. The second kappa shape index (κ2) is 4.28. The van der Waals surface area contributed by atoms with Crippen molar-refractivity contribution in [3.63, 3.8) is 0 Å². The summed E-state index contributed by atoms with van der Waals surface area (Å²) in [5.41, 5.74) is 1.80. The first-order valence-corrected chi connectivity index (χ1v) is 6.52. The molecule has 3 rings (SSSR count). The van der Waals surface area contributed by atoms with Crippen LogP contribution < -0.4 is 4.90 Å². The maximum atomic E-state index is 9.61. The predicted molar refractivity (Wildman–Crippen MR) is 71.7 cm³/mol. The average molecular weight is 245 g/mol. The second-order valence-electron chi connectivity index (χ2n) is 5.33. The molecule has 96 valence electrons. The lowest BCUT2D eigenvalue weighted by molar-refractivity contribution is 0.276. The molecule has 0 saturated carbocycles. The molecule has 0 aromatic carbocycles. The van der Waals surface area contributed by atoms with E-state index in [1.807, 2.05) is 28.8 Å². The zero-order valence-electron chi connectivity index (χ0n) is 10.9. The number of rotatable bonds is 2. The van der Waals surface area contributed by atoms with Crippen LogP contribution >= 0.6 is 0 Å². The zero-order chi connectivity index (χ0) is 12.7. The molecule has 1 aliphatic heterocycles. The van der Waals surface area contributed by atoms with E-state index in [1.165, 1.54) is 0 Å². The predicted octanol–water partition coefficient (Wildman–Crippen LogP) is 1.92. The number of fused-ring (bicyclic) bond motifs is 1. The van der Waals surface area contributed by atoms with Crippen molar-refractivity contribution in [2.24, 2.45) is 11.8 Å². The molecule has 0 aliphatic carbocycles. The van der Waals surface area contributed by atoms with Gasteiger partial charge in [0, 0.05) is 19.3 Å². The first-order valence-electron chi connectivity index (χ1n) is 6.52. The van der Waals surface area contributed by atoms with Crippen LogP contribution in [0.3, 0.4) is 0 Å². The summed E-state index contributed by atoms with van der Waals surface area (Å²) in [5, 5.41) is 9.61. The molecule has 2 unspecified atom stereocenters. The molecule has 4 heteroatoms. The smallest absolute Gasteiger partial charge is 0.153 e. The zero-order valence-corrected chi connectivity index (χ0v) is 10.9. The number of pyridine rings is 1. The molecule has 0 bridgehead atoms. The van der Waals surface area contributed by atoms with Crippen molar-refractivity contribution >= 4 is 11.5 Å². The van der Waals surface area contributed by atoms with Crippen LogP contribution in [-0.4, -0.2) is 27.6 Å². The Balaban J connectivity index is 2.06. The summed E-state index contributed by atoms with van der Waals surface area (Å²) in [5.74, 6) is 2.31. The van der Waals surface area contributed by atoms with E-state index in [0.29, 0.717) is 11.8 Å². The van der Waals surface area contributed by atoms with E-state index >= 15 is 0 Å². The van der Waals surface area contributed by atoms with Gasteiger partial charge in [-0.1, -0.05) is 19.9 Å². The Labute approximate surface area is 107 Å². The van der Waals surface area contributed by atoms with Crippen LogP contribution in [0.25, 0.3) is 5.65 Å². The van der Waals surface area contributed by atoms with Gasteiger partial charge in [-0.3, -0.25) is 4.40 Å². The minimum absolute atomic E-state index is 0.0276. The standard InChI is InChI=1S/C14H19N3O/c1-10-7-16(8-11(10)2)14-12(9-18)17-6-4-3-5-13(17)15-14/h3-6,10-11,18H,7-9H2,1-2H3. The van der Waals surface area contributed by atoms with Gasteiger partial charge in [0.15, 0.2) is 5.82 Å². The fourth-order valence-corrected chi connectivity index (χ4v) is 2.74. The molecule has 2 aromatic rings. The highest BCUT2D eigenvalue weighted by atomic mass is 16.3. The van der Waals surface area contributed by atoms with E-state index in [-0.39, 0.29) is 6.61 Å². The SMILES string of the molecule is CC1CN(c2nc3ccccn3c2CO)CC1C. The first kappa shape index (κ1) is 11.5. The van der Waals surface area contributed by atoms with E-state index in [1.54, 1.807) is 0 Å². The van der Waals surface area contributed by atoms with Crippen LogP contribution in [0, 0.1) is 11.8 Å². The third-order valence-electron chi connectivity index (χ3n) is 4.05. The molecule has 2 aromatic heterocycles. The lowest BCUT2D eigenvalue weighted by Gasteiger charge is -2.16. The minimum Gasteiger partial charge on any atom is -0.390 e. The van der Waals surface area contributed by atoms with Crippen molar-refractivity contribution in [3.05, 3.63) is 30.1 Å². The Kier molecular flexibility index (Phi) is 2.74. The lowest BCUT2D eigenvalue weighted by atomic mass is 10.0. The van der Waals surface area contributed by atoms with E-state index < -0.39 is 0 Å². The van der Waals surface area contributed by atoms with Gasteiger partial charge in [-0.2, -0.15) is 0 Å². The van der Waals surface area contributed by atoms with Crippen LogP contribution in [0.2, 0.25) is 0 Å². The van der Waals surface area contributed by atoms with Gasteiger partial charge in [0.05, 0.1) is 12.3 Å². The fraction of sp³-hybridized carbons (Fsp3) is 0.500. The van der Waals surface area contributed by atoms with Crippen LogP contribution in [-0.2, 0) is 6.61 Å². The Bertz CT molecular complexity index is 553. The van der Waals surface area contributed by atoms with Gasteiger partial charge >= 0.3 is 0 Å². The first-order chi connectivity index (χ1) is 8.70. The number of hydrogen-bond acceptors (Lipinski definition) is 3. The number of aliphatic hydroxyl groups is 1. The highest BCUT2D eigenvalue weighted by molar-refractivity contribution is 5.56. The van der Waals surface area contributed by atoms with Gasteiger partial charge in [0.2, 0.25) is 0 Å². The molecule has 4 nitrogen and oxygen atoms in total. The monoisotopic (exact) mass is 245 g/mol. The molecule has 0 amide bonds. The number of hydrogen-bond donors (Lipinski definition) is 1. The average Bonchev–Trinajstić information content (AvgIpc) is 2.90. The maximum Gasteiger partial charge on any atom is 0.153 e. The maximum absolute atomic E-state index is 9.61. The summed E-state index contributed by atoms with van der Waals surface area (Å²) in [6, 6.07) is 5.92. The molecule has 1 N–H and O–H groups in total. The van der Waals surface area contributed by atoms with Gasteiger partial charge in [0.1, 0.15) is 5.65 Å². The molecular formula is C14H19N3O. The van der Waals surface area contributed by atoms with Gasteiger partial charge < -0.3 is 10.0 Å². The van der Waals surface area contributed by atoms with Crippen LogP contribution in [0.4, 0.5) is 5.82 Å². The Hall–Kier alpha value is -1.55. The van der Waals surface area contributed by atoms with Gasteiger partial charge in [-0.05, 0) is 24.0 Å². The normalized spacial score (nSPS) is 24.1. The summed E-state index contributed by atoms with van der Waals surface area (Å²) in [6.07, 6.45) is 1.96. The van der Waals surface area contributed by atoms with Crippen LogP contribution in [0.15, 0.2) is 24.4 Å². The number of anilines is 1. The third-order valence-corrected chi connectivity index (χ3v) is 4.05. The molecule has 2 atom stereocenters. The molecule has 3 heterocycles. The van der Waals surface area contributed by atoms with E-state index in [9.17, 15) is 5.11 Å². The molecule has 1 saturated heterocycles. The van der Waals surface area contributed by atoms with Gasteiger partial charge in [0.25, 0.3) is 0 Å². The van der Waals surface area contributed by atoms with E-state index in [2.05, 4.69) is 23.7 Å². The lowest BCUT2D eigenvalue weighted by Crippen LogP contribution is -2.21. The Morgan fingerprint density at radius 1 is 1.28 bits per heavy atom. The number of aromatic nitrogens is 2. The van der Waals surface area contributed by atoms with Crippen molar-refractivity contribution in [1.82, 2.24) is 9.38 Å². The third kappa shape index (κ3) is 1.68. The number of aliphatic hydroxyl groups excluding tert-OH is 1. The molecule has 1 aliphatic rings. The molecule has 1 fully saturated rings. The molecular weight excluding hydrogens is 226 g/mol. The van der Waals surface area contributed by atoms with Crippen molar-refractivity contribution in [3.8, 4) is 0 Å². The van der Waals surface area contributed by atoms with Crippen molar-refractivity contribution in [2.45, 2.75) is 20.5 Å². The number of nitrogens with zero attached hydrogens (tertiary/aromatic N) is 3. The largest absolute Gasteiger partial charge is 0.390 e. The summed E-state index contributed by atoms with van der Waals surface area (Å²) in [7, 11) is 0. The summed E-state index contributed by atoms with van der Waals surface area (Å²) in [4.78, 5) is 6.96. The molecule has 0 radical (unpaired) electrons. The topological polar surface area (TPSA) is 40.8 Å². The quantitative estimate of drug-likeness (QED) is 0.878. The fourth-order valence-electron chi connectivity index (χ4n) is 2.74. The van der Waals surface area contributed by atoms with Crippen molar-refractivity contribution in [1.29, 1.82) is 0 Å². The molecule has 18 heavy (non-hydrogen) atoms. The van der Waals surface area contributed by atoms with Gasteiger partial charge in [-0.15, -0.1) is 0 Å². The van der Waals surface area contributed by atoms with E-state index in [4.69, 9.17) is 0 Å². The van der Waals surface area contributed by atoms with Crippen molar-refractivity contribution < 1.29 is 5.11 Å². The minimum atomic E-state index is 0.0276. The summed E-state index contributed by atoms with van der Waals surface area (Å²) in [6.45, 7) is 6.63. The Morgan fingerprint density at radius 2 is 2.00 bits per heavy atom. The Morgan fingerprint density at radius 3 is 2.67 bits per heavy atom. The van der Waals surface area contributed by atoms with E-state index in [0.717, 1.165) is 30.2 Å². The summed E-state index contributed by atoms with van der Waals surface area (Å²) >= 11 is 0. The second-order valence-corrected chi connectivity index (χ2v) is 5.33. The highest BCUT2D eigenvalue weighted by Crippen LogP contribution is 2.30. The molecule has 0 spiro atoms. The van der Waals surface area contributed by atoms with Crippen LogP contribution in [0.5, 0.6) is 0 Å². The summed E-state index contributed by atoms with van der Waals surface area (Å²) < 4.78 is 1.98. The van der Waals surface area contributed by atoms with Crippen LogP contribution in [0.1, 0.15) is 19.5 Å². The van der Waals surface area contributed by atoms with Gasteiger partial charge in [-0.25, -0.2) is 4.98 Å².